The van der Waals surface area contributed by atoms with E-state index in [1.165, 1.54) is 0 Å². The summed E-state index contributed by atoms with van der Waals surface area (Å²) in [6, 6.07) is 15.7. The van der Waals surface area contributed by atoms with Crippen molar-refractivity contribution in [1.82, 2.24) is 10.6 Å². The third kappa shape index (κ3) is 9.97. The van der Waals surface area contributed by atoms with Crippen LogP contribution in [0.3, 0.4) is 0 Å². The molecule has 242 valence electrons. The number of aliphatic carboxylic acids is 1. The highest BCUT2D eigenvalue weighted by molar-refractivity contribution is 7.99. The summed E-state index contributed by atoms with van der Waals surface area (Å²) in [6.07, 6.45) is -7.03. The van der Waals surface area contributed by atoms with Crippen LogP contribution in [0, 0.1) is 0 Å². The first-order valence-electron chi connectivity index (χ1n) is 14.3. The first-order chi connectivity index (χ1) is 21.1. The number of benzene rings is 2. The number of carbonyl (C=O) groups excluding carboxylic acids is 2. The molecule has 2 aromatic carbocycles. The Hall–Kier alpha value is -3.08. The van der Waals surface area contributed by atoms with E-state index in [4.69, 9.17) is 15.2 Å². The highest BCUT2D eigenvalue weighted by Crippen LogP contribution is 2.34. The molecule has 44 heavy (non-hydrogen) atoms. The van der Waals surface area contributed by atoms with Gasteiger partial charge in [-0.15, -0.1) is 0 Å². The molecule has 6 atom stereocenters. The van der Waals surface area contributed by atoms with E-state index >= 15 is 0 Å². The summed E-state index contributed by atoms with van der Waals surface area (Å²) in [4.78, 5) is 36.9. The first kappa shape index (κ1) is 35.4. The van der Waals surface area contributed by atoms with Crippen molar-refractivity contribution in [3.63, 3.8) is 0 Å². The molecule has 2 amide bonds. The Morgan fingerprint density at radius 2 is 1.73 bits per heavy atom. The van der Waals surface area contributed by atoms with Crippen LogP contribution in [0.15, 0.2) is 54.6 Å². The Kier molecular flexibility index (Phi) is 14.0. The second-order valence-corrected chi connectivity index (χ2v) is 11.6. The maximum atomic E-state index is 12.6. The number of ether oxygens (including phenoxy) is 2. The topological polar surface area (TPSA) is 221 Å². The highest BCUT2D eigenvalue weighted by atomic mass is 32.2. The van der Waals surface area contributed by atoms with Gasteiger partial charge in [0, 0.05) is 25.3 Å². The van der Waals surface area contributed by atoms with Crippen molar-refractivity contribution >= 4 is 29.5 Å². The zero-order chi connectivity index (χ0) is 32.1. The molecule has 3 rings (SSSR count). The average molecular weight is 636 g/mol. The first-order valence-corrected chi connectivity index (χ1v) is 15.4. The number of amides is 2. The highest BCUT2D eigenvalue weighted by Gasteiger charge is 2.55. The average Bonchev–Trinajstić information content (AvgIpc) is 3.02. The minimum atomic E-state index is -2.39. The van der Waals surface area contributed by atoms with Crippen LogP contribution in [0.25, 0.3) is 11.1 Å². The third-order valence-electron chi connectivity index (χ3n) is 7.07. The summed E-state index contributed by atoms with van der Waals surface area (Å²) in [5, 5.41) is 56.6. The van der Waals surface area contributed by atoms with Crippen molar-refractivity contribution in [2.75, 3.05) is 37.8 Å². The SMILES string of the molecule is NCCSCCCOC1(C(=O)O)CC(O)C(NC(=O)CO)C([C@@H](O)C(O)CNC(=O)Cc2ccc(-c3ccccc3)cc2)O1. The Morgan fingerprint density at radius 3 is 2.36 bits per heavy atom. The van der Waals surface area contributed by atoms with E-state index in [0.29, 0.717) is 24.3 Å². The number of aliphatic hydroxyl groups excluding tert-OH is 4. The van der Waals surface area contributed by atoms with Crippen molar-refractivity contribution in [3.05, 3.63) is 60.2 Å². The molecule has 0 radical (unpaired) electrons. The lowest BCUT2D eigenvalue weighted by molar-refractivity contribution is -0.310. The van der Waals surface area contributed by atoms with Crippen LogP contribution in [0.2, 0.25) is 0 Å². The van der Waals surface area contributed by atoms with Gasteiger partial charge in [0.25, 0.3) is 5.79 Å². The predicted molar refractivity (Wildman–Crippen MR) is 162 cm³/mol. The molecule has 1 saturated heterocycles. The smallest absolute Gasteiger partial charge is 0.364 e. The van der Waals surface area contributed by atoms with Gasteiger partial charge < -0.3 is 51.4 Å². The number of carboxylic acids is 1. The molecule has 0 aliphatic carbocycles. The molecular formula is C30H41N3O10S. The van der Waals surface area contributed by atoms with Gasteiger partial charge >= 0.3 is 5.97 Å². The van der Waals surface area contributed by atoms with E-state index in [2.05, 4.69) is 10.6 Å². The zero-order valence-electron chi connectivity index (χ0n) is 24.2. The van der Waals surface area contributed by atoms with E-state index in [9.17, 15) is 39.9 Å². The lowest BCUT2D eigenvalue weighted by Gasteiger charge is -2.46. The summed E-state index contributed by atoms with van der Waals surface area (Å²) in [5.74, 6) is -3.98. The number of hydrogen-bond acceptors (Lipinski definition) is 11. The number of hydrogen-bond donors (Lipinski definition) is 8. The van der Waals surface area contributed by atoms with Crippen molar-refractivity contribution in [2.24, 2.45) is 5.73 Å². The number of thioether (sulfide) groups is 1. The van der Waals surface area contributed by atoms with Crippen LogP contribution in [-0.2, 0) is 30.3 Å². The van der Waals surface area contributed by atoms with E-state index in [1.807, 2.05) is 42.5 Å². The van der Waals surface area contributed by atoms with E-state index in [0.717, 1.165) is 16.9 Å². The lowest BCUT2D eigenvalue weighted by atomic mass is 9.88. The third-order valence-corrected chi connectivity index (χ3v) is 8.17. The lowest BCUT2D eigenvalue weighted by Crippen LogP contribution is -2.68. The monoisotopic (exact) mass is 635 g/mol. The molecule has 1 heterocycles. The number of aliphatic hydroxyl groups is 4. The summed E-state index contributed by atoms with van der Waals surface area (Å²) < 4.78 is 11.3. The standard InChI is InChI=1S/C30H41N3O10S/c31-11-14-44-13-4-12-42-30(29(40)41)16-22(35)26(33-25(38)18-34)28(43-30)27(39)23(36)17-32-24(37)15-19-7-9-21(10-8-19)20-5-2-1-3-6-20/h1-3,5-10,22-23,26-28,34-36,39H,4,11-18,31H2,(H,32,37)(H,33,38)(H,40,41)/t22?,23?,26?,27-,28?,30?/m0/s1. The minimum absolute atomic E-state index is 0.00869. The maximum absolute atomic E-state index is 12.6. The van der Waals surface area contributed by atoms with Gasteiger partial charge in [0.2, 0.25) is 11.8 Å². The fourth-order valence-electron chi connectivity index (χ4n) is 4.78. The molecule has 14 heteroatoms. The Balaban J connectivity index is 1.64. The van der Waals surface area contributed by atoms with Crippen LogP contribution < -0.4 is 16.4 Å². The fourth-order valence-corrected chi connectivity index (χ4v) is 5.47. The van der Waals surface area contributed by atoms with Crippen LogP contribution in [0.1, 0.15) is 18.4 Å². The van der Waals surface area contributed by atoms with Crippen LogP contribution in [0.5, 0.6) is 0 Å². The van der Waals surface area contributed by atoms with Gasteiger partial charge in [0.1, 0.15) is 18.8 Å². The Labute approximate surface area is 259 Å². The zero-order valence-corrected chi connectivity index (χ0v) is 25.0. The molecule has 9 N–H and O–H groups in total. The Bertz CT molecular complexity index is 1210. The van der Waals surface area contributed by atoms with Crippen molar-refractivity contribution < 1.29 is 49.4 Å². The molecule has 0 saturated carbocycles. The molecule has 1 fully saturated rings. The Morgan fingerprint density at radius 1 is 1.05 bits per heavy atom. The molecule has 5 unspecified atom stereocenters. The molecular weight excluding hydrogens is 594 g/mol. The predicted octanol–water partition coefficient (Wildman–Crippen LogP) is -0.759. The van der Waals surface area contributed by atoms with Gasteiger partial charge in [-0.25, -0.2) is 4.79 Å². The second kappa shape index (κ2) is 17.4. The van der Waals surface area contributed by atoms with Crippen molar-refractivity contribution in [1.29, 1.82) is 0 Å². The summed E-state index contributed by atoms with van der Waals surface area (Å²) in [7, 11) is 0. The van der Waals surface area contributed by atoms with Crippen molar-refractivity contribution in [2.45, 2.75) is 55.5 Å². The fraction of sp³-hybridized carbons (Fsp3) is 0.500. The normalized spacial score (nSPS) is 23.0. The van der Waals surface area contributed by atoms with E-state index in [-0.39, 0.29) is 13.0 Å². The number of nitrogens with two attached hydrogens (primary N) is 1. The van der Waals surface area contributed by atoms with Crippen LogP contribution in [0.4, 0.5) is 0 Å². The molecule has 2 aromatic rings. The summed E-state index contributed by atoms with van der Waals surface area (Å²) in [6.45, 7) is -0.959. The number of nitrogens with one attached hydrogen (secondary N) is 2. The number of carboxylic acid groups (broad SMARTS) is 1. The minimum Gasteiger partial charge on any atom is -0.477 e. The van der Waals surface area contributed by atoms with Gasteiger partial charge in [-0.3, -0.25) is 9.59 Å². The van der Waals surface area contributed by atoms with Gasteiger partial charge in [0.15, 0.2) is 0 Å². The van der Waals surface area contributed by atoms with Crippen LogP contribution >= 0.6 is 11.8 Å². The van der Waals surface area contributed by atoms with Gasteiger partial charge in [0.05, 0.1) is 31.3 Å². The summed E-state index contributed by atoms with van der Waals surface area (Å²) in [5.41, 5.74) is 8.20. The number of rotatable bonds is 17. The molecule has 0 aromatic heterocycles. The molecule has 1 aliphatic heterocycles. The van der Waals surface area contributed by atoms with Crippen LogP contribution in [-0.4, -0.2) is 117 Å². The van der Waals surface area contributed by atoms with Gasteiger partial charge in [-0.05, 0) is 28.9 Å². The molecule has 0 spiro atoms. The van der Waals surface area contributed by atoms with Gasteiger partial charge in [-0.1, -0.05) is 54.6 Å². The second-order valence-electron chi connectivity index (χ2n) is 10.4. The maximum Gasteiger partial charge on any atom is 0.364 e. The largest absolute Gasteiger partial charge is 0.477 e. The number of carbonyl (C=O) groups is 3. The van der Waals surface area contributed by atoms with Crippen molar-refractivity contribution in [3.8, 4) is 11.1 Å². The molecule has 13 nitrogen and oxygen atoms in total. The molecule has 1 aliphatic rings. The summed E-state index contributed by atoms with van der Waals surface area (Å²) >= 11 is 1.55. The van der Waals surface area contributed by atoms with Gasteiger partial charge in [-0.2, -0.15) is 11.8 Å². The van der Waals surface area contributed by atoms with E-state index in [1.54, 1.807) is 23.9 Å². The molecule has 0 bridgehead atoms. The quantitative estimate of drug-likeness (QED) is 0.101. The van der Waals surface area contributed by atoms with E-state index < -0.39 is 73.6 Å².